The zero-order valence-corrected chi connectivity index (χ0v) is 15.3. The first kappa shape index (κ1) is 18.2. The molecular weight excluding hydrogens is 342 g/mol. The van der Waals surface area contributed by atoms with Gasteiger partial charge in [-0.15, -0.1) is 0 Å². The maximum atomic E-state index is 12.8. The fraction of sp³-hybridized carbons (Fsp3) is 0.588. The van der Waals surface area contributed by atoms with Crippen LogP contribution in [0.25, 0.3) is 0 Å². The van der Waals surface area contributed by atoms with Crippen molar-refractivity contribution >= 4 is 21.6 Å². The minimum absolute atomic E-state index is 0.000264. The number of nitrogens with one attached hydrogen (secondary N) is 1. The molecular formula is C17H25N3O4S. The number of morpholine rings is 1. The van der Waals surface area contributed by atoms with E-state index in [0.717, 1.165) is 30.6 Å². The number of fused-ring (bicyclic) bond motifs is 1. The second-order valence-corrected chi connectivity index (χ2v) is 8.27. The van der Waals surface area contributed by atoms with Crippen molar-refractivity contribution in [3.8, 4) is 0 Å². The maximum absolute atomic E-state index is 12.8. The summed E-state index contributed by atoms with van der Waals surface area (Å²) < 4.78 is 32.2. The Hall–Kier alpha value is -1.64. The van der Waals surface area contributed by atoms with Crippen LogP contribution in [0.15, 0.2) is 23.1 Å². The molecule has 1 amide bonds. The summed E-state index contributed by atoms with van der Waals surface area (Å²) in [5.74, 6) is -0.000264. The second-order valence-electron chi connectivity index (χ2n) is 6.33. The molecule has 0 bridgehead atoms. The second kappa shape index (κ2) is 7.72. The topological polar surface area (TPSA) is 79.0 Å². The van der Waals surface area contributed by atoms with Gasteiger partial charge in [-0.05, 0) is 36.6 Å². The van der Waals surface area contributed by atoms with Crippen LogP contribution in [0, 0.1) is 0 Å². The van der Waals surface area contributed by atoms with Crippen LogP contribution in [-0.4, -0.2) is 64.6 Å². The summed E-state index contributed by atoms with van der Waals surface area (Å²) in [6, 6.07) is 5.22. The molecule has 0 saturated carbocycles. The third kappa shape index (κ3) is 3.96. The highest BCUT2D eigenvalue weighted by Crippen LogP contribution is 2.31. The normalized spacial score (nSPS) is 18.2. The molecule has 1 fully saturated rings. The predicted octanol–water partition coefficient (Wildman–Crippen LogP) is 0.596. The largest absolute Gasteiger partial charge is 0.379 e. The van der Waals surface area contributed by atoms with Gasteiger partial charge in [0.05, 0.1) is 24.7 Å². The number of carbonyl (C=O) groups is 1. The molecule has 0 spiro atoms. The lowest BCUT2D eigenvalue weighted by molar-refractivity contribution is -0.119. The van der Waals surface area contributed by atoms with Crippen LogP contribution >= 0.6 is 0 Å². The van der Waals surface area contributed by atoms with Crippen molar-refractivity contribution in [3.05, 3.63) is 23.8 Å². The Morgan fingerprint density at radius 1 is 1.24 bits per heavy atom. The summed E-state index contributed by atoms with van der Waals surface area (Å²) in [5.41, 5.74) is 1.94. The molecule has 25 heavy (non-hydrogen) atoms. The van der Waals surface area contributed by atoms with Crippen LogP contribution in [0.4, 0.5) is 5.69 Å². The molecule has 1 N–H and O–H groups in total. The van der Waals surface area contributed by atoms with Gasteiger partial charge in [-0.3, -0.25) is 4.79 Å². The summed E-state index contributed by atoms with van der Waals surface area (Å²) in [6.07, 6.45) is 1.66. The predicted molar refractivity (Wildman–Crippen MR) is 95.2 cm³/mol. The Kier molecular flexibility index (Phi) is 5.61. The van der Waals surface area contributed by atoms with Gasteiger partial charge >= 0.3 is 0 Å². The fourth-order valence-corrected chi connectivity index (χ4v) is 4.66. The fourth-order valence-electron chi connectivity index (χ4n) is 3.20. The monoisotopic (exact) mass is 367 g/mol. The number of amides is 1. The van der Waals surface area contributed by atoms with Crippen molar-refractivity contribution in [2.75, 3.05) is 50.8 Å². The van der Waals surface area contributed by atoms with Gasteiger partial charge in [0.1, 0.15) is 0 Å². The molecule has 2 aliphatic rings. The lowest BCUT2D eigenvalue weighted by atomic mass is 10.2. The Labute approximate surface area is 149 Å². The number of sulfonamides is 1. The Bertz CT molecular complexity index is 729. The van der Waals surface area contributed by atoms with Crippen molar-refractivity contribution in [1.82, 2.24) is 9.62 Å². The smallest absolute Gasteiger partial charge is 0.243 e. The lowest BCUT2D eigenvalue weighted by Gasteiger charge is -2.26. The summed E-state index contributed by atoms with van der Waals surface area (Å²) >= 11 is 0. The molecule has 8 heteroatoms. The van der Waals surface area contributed by atoms with E-state index in [4.69, 9.17) is 4.74 Å². The molecule has 0 atom stereocenters. The van der Waals surface area contributed by atoms with Crippen molar-refractivity contribution in [2.45, 2.75) is 24.7 Å². The standard InChI is InChI=1S/C17H25N3O4S/c1-2-6-18-17(21)13-19-7-5-14-12-15(3-4-16(14)19)25(22,23)20-8-10-24-11-9-20/h3-4,12H,2,5-11,13H2,1H3,(H,18,21). The van der Waals surface area contributed by atoms with E-state index in [1.165, 1.54) is 4.31 Å². The number of nitrogens with zero attached hydrogens (tertiary/aromatic N) is 2. The van der Waals surface area contributed by atoms with Crippen LogP contribution in [0.1, 0.15) is 18.9 Å². The maximum Gasteiger partial charge on any atom is 0.243 e. The molecule has 3 rings (SSSR count). The quantitative estimate of drug-likeness (QED) is 0.796. The van der Waals surface area contributed by atoms with Crippen LogP contribution in [0.2, 0.25) is 0 Å². The lowest BCUT2D eigenvalue weighted by Crippen LogP contribution is -2.40. The number of ether oxygens (including phenoxy) is 1. The van der Waals surface area contributed by atoms with Crippen LogP contribution < -0.4 is 10.2 Å². The first-order chi connectivity index (χ1) is 12.0. The first-order valence-electron chi connectivity index (χ1n) is 8.75. The van der Waals surface area contributed by atoms with E-state index in [0.29, 0.717) is 44.3 Å². The highest BCUT2D eigenvalue weighted by Gasteiger charge is 2.29. The van der Waals surface area contributed by atoms with Gasteiger partial charge in [-0.25, -0.2) is 8.42 Å². The zero-order chi connectivity index (χ0) is 17.9. The molecule has 0 radical (unpaired) electrons. The summed E-state index contributed by atoms with van der Waals surface area (Å²) in [5, 5.41) is 2.87. The molecule has 1 saturated heterocycles. The molecule has 0 unspecified atom stereocenters. The SMILES string of the molecule is CCCNC(=O)CN1CCc2cc(S(=O)(=O)N3CCOCC3)ccc21. The van der Waals surface area contributed by atoms with E-state index in [9.17, 15) is 13.2 Å². The number of benzene rings is 1. The highest BCUT2D eigenvalue weighted by atomic mass is 32.2. The summed E-state index contributed by atoms with van der Waals surface area (Å²) in [4.78, 5) is 14.3. The van der Waals surface area contributed by atoms with E-state index in [-0.39, 0.29) is 5.91 Å². The van der Waals surface area contributed by atoms with E-state index >= 15 is 0 Å². The van der Waals surface area contributed by atoms with Crippen LogP contribution in [0.5, 0.6) is 0 Å². The first-order valence-corrected chi connectivity index (χ1v) is 10.2. The Morgan fingerprint density at radius 3 is 2.72 bits per heavy atom. The van der Waals surface area contributed by atoms with Crippen molar-refractivity contribution < 1.29 is 17.9 Å². The minimum atomic E-state index is -3.48. The molecule has 1 aromatic carbocycles. The van der Waals surface area contributed by atoms with Crippen LogP contribution in [-0.2, 0) is 26.0 Å². The van der Waals surface area contributed by atoms with E-state index in [1.807, 2.05) is 17.9 Å². The molecule has 2 aliphatic heterocycles. The number of anilines is 1. The molecule has 138 valence electrons. The van der Waals surface area contributed by atoms with E-state index in [1.54, 1.807) is 12.1 Å². The zero-order valence-electron chi connectivity index (χ0n) is 14.5. The highest BCUT2D eigenvalue weighted by molar-refractivity contribution is 7.89. The number of hydrogen-bond acceptors (Lipinski definition) is 5. The summed E-state index contributed by atoms with van der Waals surface area (Å²) in [6.45, 7) is 5.39. The Morgan fingerprint density at radius 2 is 2.00 bits per heavy atom. The van der Waals surface area contributed by atoms with Gasteiger partial charge in [0.25, 0.3) is 0 Å². The number of carbonyl (C=O) groups excluding carboxylic acids is 1. The third-order valence-electron chi connectivity index (χ3n) is 4.56. The van der Waals surface area contributed by atoms with Gasteiger partial charge in [0, 0.05) is 31.9 Å². The molecule has 0 aromatic heterocycles. The van der Waals surface area contributed by atoms with E-state index < -0.39 is 10.0 Å². The molecule has 1 aromatic rings. The van der Waals surface area contributed by atoms with E-state index in [2.05, 4.69) is 5.32 Å². The minimum Gasteiger partial charge on any atom is -0.379 e. The van der Waals surface area contributed by atoms with Gasteiger partial charge in [0.2, 0.25) is 15.9 Å². The molecule has 7 nitrogen and oxygen atoms in total. The molecule has 0 aliphatic carbocycles. The Balaban J connectivity index is 1.74. The molecule has 2 heterocycles. The number of rotatable bonds is 6. The number of hydrogen-bond donors (Lipinski definition) is 1. The van der Waals surface area contributed by atoms with Gasteiger partial charge in [-0.1, -0.05) is 6.92 Å². The van der Waals surface area contributed by atoms with Crippen molar-refractivity contribution in [3.63, 3.8) is 0 Å². The summed E-state index contributed by atoms with van der Waals surface area (Å²) in [7, 11) is -3.48. The third-order valence-corrected chi connectivity index (χ3v) is 6.45. The van der Waals surface area contributed by atoms with Crippen molar-refractivity contribution in [2.24, 2.45) is 0 Å². The van der Waals surface area contributed by atoms with Gasteiger partial charge < -0.3 is 15.0 Å². The van der Waals surface area contributed by atoms with Crippen molar-refractivity contribution in [1.29, 1.82) is 0 Å². The van der Waals surface area contributed by atoms with Crippen LogP contribution in [0.3, 0.4) is 0 Å². The average molecular weight is 367 g/mol. The van der Waals surface area contributed by atoms with Gasteiger partial charge in [0.15, 0.2) is 0 Å². The van der Waals surface area contributed by atoms with Gasteiger partial charge in [-0.2, -0.15) is 4.31 Å². The average Bonchev–Trinajstić information content (AvgIpc) is 3.03.